The third kappa shape index (κ3) is 9.67. The zero-order chi connectivity index (χ0) is 34.0. The number of hydrogen-bond acceptors (Lipinski definition) is 8. The minimum Gasteiger partial charge on any atom is -0.467 e. The first kappa shape index (κ1) is 36.3. The van der Waals surface area contributed by atoms with Gasteiger partial charge in [0.25, 0.3) is 0 Å². The van der Waals surface area contributed by atoms with Gasteiger partial charge in [-0.25, -0.2) is 9.59 Å². The number of benzene rings is 1. The van der Waals surface area contributed by atoms with Crippen molar-refractivity contribution in [2.75, 3.05) is 27.2 Å². The minimum atomic E-state index is -1.02. The summed E-state index contributed by atoms with van der Waals surface area (Å²) in [6.07, 6.45) is 0.996. The van der Waals surface area contributed by atoms with Gasteiger partial charge >= 0.3 is 12.1 Å². The summed E-state index contributed by atoms with van der Waals surface area (Å²) in [5, 5.41) is 8.10. The van der Waals surface area contributed by atoms with Crippen molar-refractivity contribution in [3.63, 3.8) is 0 Å². The molecule has 13 nitrogen and oxygen atoms in total. The van der Waals surface area contributed by atoms with E-state index in [0.29, 0.717) is 38.8 Å². The van der Waals surface area contributed by atoms with E-state index in [0.717, 1.165) is 5.56 Å². The number of amides is 5. The molecule has 0 saturated carbocycles. The van der Waals surface area contributed by atoms with E-state index in [4.69, 9.17) is 9.47 Å². The van der Waals surface area contributed by atoms with Crippen molar-refractivity contribution in [1.29, 1.82) is 0 Å². The fourth-order valence-corrected chi connectivity index (χ4v) is 5.77. The first-order valence-electron chi connectivity index (χ1n) is 16.1. The molecule has 0 bridgehead atoms. The molecule has 1 aromatic carbocycles. The summed E-state index contributed by atoms with van der Waals surface area (Å²) >= 11 is 0. The second kappa shape index (κ2) is 17.0. The maximum absolute atomic E-state index is 13.9. The molecule has 0 aromatic heterocycles. The van der Waals surface area contributed by atoms with E-state index in [1.807, 2.05) is 24.3 Å². The fourth-order valence-electron chi connectivity index (χ4n) is 5.77. The second-order valence-electron chi connectivity index (χ2n) is 12.6. The van der Waals surface area contributed by atoms with Gasteiger partial charge in [-0.3, -0.25) is 19.2 Å². The quantitative estimate of drug-likeness (QED) is 0.217. The van der Waals surface area contributed by atoms with Crippen molar-refractivity contribution in [3.8, 4) is 0 Å². The Kier molecular flexibility index (Phi) is 13.4. The summed E-state index contributed by atoms with van der Waals surface area (Å²) in [5.41, 5.74) is 2.24. The number of fused-ring (bicyclic) bond motifs is 1. The van der Waals surface area contributed by atoms with Gasteiger partial charge < -0.3 is 35.2 Å². The van der Waals surface area contributed by atoms with E-state index < -0.39 is 48.1 Å². The molecule has 13 heteroatoms. The van der Waals surface area contributed by atoms with E-state index >= 15 is 0 Å². The molecule has 0 aliphatic carbocycles. The van der Waals surface area contributed by atoms with Gasteiger partial charge in [-0.1, -0.05) is 52.0 Å². The van der Waals surface area contributed by atoms with Gasteiger partial charge in [-0.05, 0) is 42.2 Å². The molecule has 3 rings (SSSR count). The Bertz CT molecular complexity index is 1270. The summed E-state index contributed by atoms with van der Waals surface area (Å²) in [6, 6.07) is 4.99. The van der Waals surface area contributed by atoms with Crippen LogP contribution in [0.5, 0.6) is 0 Å². The Hall–Kier alpha value is -4.16. The molecule has 0 radical (unpaired) electrons. The molecule has 1 fully saturated rings. The van der Waals surface area contributed by atoms with Gasteiger partial charge in [0.2, 0.25) is 23.6 Å². The van der Waals surface area contributed by atoms with Crippen molar-refractivity contribution in [3.05, 3.63) is 35.4 Å². The number of likely N-dealkylation sites (tertiary alicyclic amines) is 1. The van der Waals surface area contributed by atoms with Crippen LogP contribution in [0.25, 0.3) is 0 Å². The Morgan fingerprint density at radius 2 is 1.52 bits per heavy atom. The van der Waals surface area contributed by atoms with E-state index in [1.165, 1.54) is 17.6 Å². The number of carbonyl (C=O) groups is 6. The summed E-state index contributed by atoms with van der Waals surface area (Å²) in [5.74, 6) is -2.75. The highest BCUT2D eigenvalue weighted by Gasteiger charge is 2.45. The molecular formula is C33H49N5O8. The topological polar surface area (TPSA) is 163 Å². The van der Waals surface area contributed by atoms with Crippen LogP contribution in [0, 0.1) is 11.8 Å². The molecule has 3 N–H and O–H groups in total. The van der Waals surface area contributed by atoms with Crippen LogP contribution in [0.15, 0.2) is 24.3 Å². The average molecular weight is 644 g/mol. The number of carbonyl (C=O) groups excluding carboxylic acids is 6. The molecule has 254 valence electrons. The third-order valence-electron chi connectivity index (χ3n) is 8.51. The molecule has 46 heavy (non-hydrogen) atoms. The molecule has 1 saturated heterocycles. The Morgan fingerprint density at radius 1 is 0.891 bits per heavy atom. The lowest BCUT2D eigenvalue weighted by Crippen LogP contribution is -2.58. The van der Waals surface area contributed by atoms with Gasteiger partial charge in [0.15, 0.2) is 0 Å². The molecule has 2 aliphatic heterocycles. The lowest BCUT2D eigenvalue weighted by atomic mass is 9.98. The Morgan fingerprint density at radius 3 is 2.13 bits per heavy atom. The van der Waals surface area contributed by atoms with E-state index in [2.05, 4.69) is 16.0 Å². The van der Waals surface area contributed by atoms with Crippen molar-refractivity contribution in [2.45, 2.75) is 97.0 Å². The van der Waals surface area contributed by atoms with Crippen molar-refractivity contribution in [2.24, 2.45) is 11.8 Å². The molecule has 2 heterocycles. The number of nitrogens with zero attached hydrogens (tertiary/aromatic N) is 2. The van der Waals surface area contributed by atoms with Crippen LogP contribution in [0.1, 0.15) is 70.9 Å². The van der Waals surface area contributed by atoms with Crippen LogP contribution in [0.2, 0.25) is 0 Å². The normalized spacial score (nSPS) is 18.8. The summed E-state index contributed by atoms with van der Waals surface area (Å²) in [7, 11) is 2.78. The molecular weight excluding hydrogens is 594 g/mol. The Balaban J connectivity index is 1.65. The average Bonchev–Trinajstić information content (AvgIpc) is 3.46. The van der Waals surface area contributed by atoms with Gasteiger partial charge in [0.05, 0.1) is 13.7 Å². The third-order valence-corrected chi connectivity index (χ3v) is 8.51. The number of esters is 1. The van der Waals surface area contributed by atoms with Crippen molar-refractivity contribution < 1.29 is 38.2 Å². The van der Waals surface area contributed by atoms with E-state index in [9.17, 15) is 28.8 Å². The minimum absolute atomic E-state index is 0.0335. The highest BCUT2D eigenvalue weighted by molar-refractivity contribution is 5.94. The van der Waals surface area contributed by atoms with Gasteiger partial charge in [0.1, 0.15) is 24.2 Å². The number of rotatable bonds is 13. The summed E-state index contributed by atoms with van der Waals surface area (Å²) < 4.78 is 10.8. The van der Waals surface area contributed by atoms with E-state index in [-0.39, 0.29) is 43.0 Å². The lowest BCUT2D eigenvalue weighted by molar-refractivity contribution is -0.152. The lowest BCUT2D eigenvalue weighted by Gasteiger charge is -2.31. The molecule has 2 aliphatic rings. The van der Waals surface area contributed by atoms with Crippen LogP contribution in [-0.4, -0.2) is 97.0 Å². The highest BCUT2D eigenvalue weighted by atomic mass is 16.6. The van der Waals surface area contributed by atoms with Crippen LogP contribution in [-0.2, 0) is 46.4 Å². The highest BCUT2D eigenvalue weighted by Crippen LogP contribution is 2.26. The predicted molar refractivity (Wildman–Crippen MR) is 169 cm³/mol. The number of unbranched alkanes of at least 4 members (excludes halogenated alkanes) is 1. The molecule has 2 unspecified atom stereocenters. The smallest absolute Gasteiger partial charge is 0.410 e. The maximum Gasteiger partial charge on any atom is 0.410 e. The predicted octanol–water partition coefficient (Wildman–Crippen LogP) is 1.91. The SMILES string of the molecule is CNC(=O)CCCCC(=O)N[C@H](C(=O)NC(C(=O)N1CC(OC(=O)N2CCc3ccccc3C2)C[C@H]1C(=O)OC)C(C)C)C(C)C. The van der Waals surface area contributed by atoms with Crippen LogP contribution in [0.4, 0.5) is 4.79 Å². The number of methoxy groups -OCH3 is 1. The largest absolute Gasteiger partial charge is 0.467 e. The number of ether oxygens (including phenoxy) is 2. The fraction of sp³-hybridized carbons (Fsp3) is 0.636. The first-order valence-corrected chi connectivity index (χ1v) is 16.1. The van der Waals surface area contributed by atoms with Gasteiger partial charge in [-0.2, -0.15) is 0 Å². The summed E-state index contributed by atoms with van der Waals surface area (Å²) in [4.78, 5) is 80.2. The van der Waals surface area contributed by atoms with Crippen molar-refractivity contribution in [1.82, 2.24) is 25.8 Å². The first-order chi connectivity index (χ1) is 21.9. The maximum atomic E-state index is 13.9. The Labute approximate surface area is 271 Å². The summed E-state index contributed by atoms with van der Waals surface area (Å²) in [6.45, 7) is 7.99. The molecule has 5 amide bonds. The standard InChI is InChI=1S/C33H49N5O8/c1-20(2)28(35-27(40)14-10-9-13-26(39)34-5)30(41)36-29(21(3)4)31(42)38-19-24(17-25(38)32(43)45-6)46-33(44)37-16-15-22-11-7-8-12-23(22)18-37/h7-8,11-12,20-21,24-25,28-29H,9-10,13-19H2,1-6H3,(H,34,39)(H,35,40)(H,36,41)/t24?,25-,28-,29?/m0/s1. The molecule has 1 aromatic rings. The van der Waals surface area contributed by atoms with Crippen LogP contribution in [0.3, 0.4) is 0 Å². The molecule has 0 spiro atoms. The monoisotopic (exact) mass is 643 g/mol. The van der Waals surface area contributed by atoms with Crippen LogP contribution < -0.4 is 16.0 Å². The zero-order valence-corrected chi connectivity index (χ0v) is 27.8. The molecule has 4 atom stereocenters. The number of nitrogens with one attached hydrogen (secondary N) is 3. The van der Waals surface area contributed by atoms with Crippen LogP contribution >= 0.6 is 0 Å². The number of hydrogen-bond donors (Lipinski definition) is 3. The van der Waals surface area contributed by atoms with Gasteiger partial charge in [0, 0.05) is 39.4 Å². The van der Waals surface area contributed by atoms with Gasteiger partial charge in [-0.15, -0.1) is 0 Å². The van der Waals surface area contributed by atoms with Crippen molar-refractivity contribution >= 4 is 35.7 Å². The second-order valence-corrected chi connectivity index (χ2v) is 12.6. The zero-order valence-electron chi connectivity index (χ0n) is 27.8. The van der Waals surface area contributed by atoms with E-state index in [1.54, 1.807) is 39.6 Å².